The summed E-state index contributed by atoms with van der Waals surface area (Å²) in [6.45, 7) is 0. The van der Waals surface area contributed by atoms with E-state index in [0.29, 0.717) is 11.9 Å². The van der Waals surface area contributed by atoms with E-state index in [1.165, 1.54) is 22.3 Å². The van der Waals surface area contributed by atoms with E-state index in [4.69, 9.17) is 9.97 Å². The Balaban J connectivity index is 1.31. The normalized spacial score (nSPS) is 21.3. The first-order valence-corrected chi connectivity index (χ1v) is 15.4. The van der Waals surface area contributed by atoms with E-state index in [1.54, 1.807) is 0 Å². The van der Waals surface area contributed by atoms with Gasteiger partial charge < -0.3 is 4.90 Å². The number of aromatic nitrogens is 3. The Bertz CT molecular complexity index is 2030. The minimum atomic E-state index is 0.196. The van der Waals surface area contributed by atoms with Crippen LogP contribution in [0.25, 0.3) is 45.4 Å². The molecule has 2 aromatic heterocycles. The summed E-state index contributed by atoms with van der Waals surface area (Å²) in [7, 11) is 0. The van der Waals surface area contributed by atoms with Crippen molar-refractivity contribution in [3.8, 4) is 28.5 Å². The first-order chi connectivity index (χ1) is 21.8. The van der Waals surface area contributed by atoms with Gasteiger partial charge in [0.05, 0.1) is 29.0 Å². The average molecular weight is 567 g/mol. The van der Waals surface area contributed by atoms with Gasteiger partial charge in [-0.2, -0.15) is 0 Å². The van der Waals surface area contributed by atoms with E-state index in [1.807, 2.05) is 12.1 Å². The third-order valence-corrected chi connectivity index (χ3v) is 9.41. The van der Waals surface area contributed by atoms with Crippen LogP contribution in [0.5, 0.6) is 0 Å². The highest BCUT2D eigenvalue weighted by molar-refractivity contribution is 5.94. The molecule has 44 heavy (non-hydrogen) atoms. The molecule has 0 saturated carbocycles. The molecule has 3 aliphatic rings. The molecule has 4 aromatic carbocycles. The average Bonchev–Trinajstić information content (AvgIpc) is 3.62. The summed E-state index contributed by atoms with van der Waals surface area (Å²) in [5.41, 5.74) is 8.93. The van der Waals surface area contributed by atoms with Gasteiger partial charge in [-0.1, -0.05) is 134 Å². The van der Waals surface area contributed by atoms with E-state index < -0.39 is 0 Å². The van der Waals surface area contributed by atoms with E-state index in [2.05, 4.69) is 155 Å². The largest absolute Gasteiger partial charge is 0.357 e. The number of rotatable bonds is 4. The topological polar surface area (TPSA) is 34.0 Å². The molecule has 0 bridgehead atoms. The molecule has 210 valence electrons. The van der Waals surface area contributed by atoms with Crippen LogP contribution in [0, 0.1) is 5.92 Å². The zero-order valence-electron chi connectivity index (χ0n) is 24.1. The molecule has 9 rings (SSSR count). The monoisotopic (exact) mass is 566 g/mol. The van der Waals surface area contributed by atoms with Gasteiger partial charge in [0.1, 0.15) is 0 Å². The van der Waals surface area contributed by atoms with Crippen molar-refractivity contribution >= 4 is 22.7 Å². The number of benzene rings is 4. The SMILES string of the molecule is C1=CC2C3c4c(c5ccccc5n4-c4nc(-c5ccccc5)cc(-c5ccccc5)n4)C=CC3N(c3ccccc3)C2C=C1. The summed E-state index contributed by atoms with van der Waals surface area (Å²) < 4.78 is 2.36. The van der Waals surface area contributed by atoms with Crippen LogP contribution in [-0.2, 0) is 0 Å². The van der Waals surface area contributed by atoms with Crippen LogP contribution < -0.4 is 4.90 Å². The van der Waals surface area contributed by atoms with Crippen LogP contribution in [0.4, 0.5) is 5.69 Å². The molecule has 4 unspecified atom stereocenters. The number of hydrogen-bond donors (Lipinski definition) is 0. The smallest absolute Gasteiger partial charge is 0.235 e. The van der Waals surface area contributed by atoms with Crippen molar-refractivity contribution in [1.29, 1.82) is 0 Å². The second kappa shape index (κ2) is 10.1. The maximum atomic E-state index is 5.31. The predicted molar refractivity (Wildman–Crippen MR) is 180 cm³/mol. The lowest BCUT2D eigenvalue weighted by Crippen LogP contribution is -2.37. The molecule has 0 radical (unpaired) electrons. The van der Waals surface area contributed by atoms with Gasteiger partial charge in [0.15, 0.2) is 0 Å². The molecule has 1 aliphatic heterocycles. The number of anilines is 1. The molecule has 3 heterocycles. The molecule has 1 saturated heterocycles. The fraction of sp³-hybridized carbons (Fsp3) is 0.100. The third kappa shape index (κ3) is 3.84. The first kappa shape index (κ1) is 25.1. The summed E-state index contributed by atoms with van der Waals surface area (Å²) >= 11 is 0. The predicted octanol–water partition coefficient (Wildman–Crippen LogP) is 8.86. The fourth-order valence-electron chi connectivity index (χ4n) is 7.57. The van der Waals surface area contributed by atoms with Gasteiger partial charge in [-0.25, -0.2) is 9.97 Å². The van der Waals surface area contributed by atoms with Crippen molar-refractivity contribution in [2.24, 2.45) is 5.92 Å². The quantitative estimate of drug-likeness (QED) is 0.214. The van der Waals surface area contributed by atoms with E-state index >= 15 is 0 Å². The molecule has 4 atom stereocenters. The van der Waals surface area contributed by atoms with Gasteiger partial charge in [-0.05, 0) is 24.3 Å². The van der Waals surface area contributed by atoms with Gasteiger partial charge in [0.25, 0.3) is 0 Å². The Hall–Kier alpha value is -5.48. The van der Waals surface area contributed by atoms with Crippen LogP contribution in [-0.4, -0.2) is 26.6 Å². The molecule has 2 aliphatic carbocycles. The van der Waals surface area contributed by atoms with E-state index in [9.17, 15) is 0 Å². The minimum absolute atomic E-state index is 0.196. The molecular weight excluding hydrogens is 536 g/mol. The summed E-state index contributed by atoms with van der Waals surface area (Å²) in [6.07, 6.45) is 14.0. The second-order valence-corrected chi connectivity index (χ2v) is 11.8. The highest BCUT2D eigenvalue weighted by atomic mass is 15.2. The molecule has 1 fully saturated rings. The molecule has 0 spiro atoms. The highest BCUT2D eigenvalue weighted by Crippen LogP contribution is 2.52. The van der Waals surface area contributed by atoms with Gasteiger partial charge in [-0.3, -0.25) is 4.57 Å². The van der Waals surface area contributed by atoms with Crippen molar-refractivity contribution in [3.05, 3.63) is 163 Å². The van der Waals surface area contributed by atoms with Crippen LogP contribution in [0.2, 0.25) is 0 Å². The van der Waals surface area contributed by atoms with Crippen LogP contribution >= 0.6 is 0 Å². The van der Waals surface area contributed by atoms with Crippen molar-refractivity contribution in [2.45, 2.75) is 18.0 Å². The Morgan fingerprint density at radius 2 is 1.18 bits per heavy atom. The zero-order chi connectivity index (χ0) is 29.0. The van der Waals surface area contributed by atoms with Gasteiger partial charge in [0, 0.05) is 45.3 Å². The zero-order valence-corrected chi connectivity index (χ0v) is 24.1. The lowest BCUT2D eigenvalue weighted by atomic mass is 9.79. The summed E-state index contributed by atoms with van der Waals surface area (Å²) in [6, 6.07) is 43.0. The maximum Gasteiger partial charge on any atom is 0.235 e. The minimum Gasteiger partial charge on any atom is -0.357 e. The highest BCUT2D eigenvalue weighted by Gasteiger charge is 2.50. The van der Waals surface area contributed by atoms with Crippen LogP contribution in [0.1, 0.15) is 17.2 Å². The molecule has 4 nitrogen and oxygen atoms in total. The lowest BCUT2D eigenvalue weighted by Gasteiger charge is -2.32. The maximum absolute atomic E-state index is 5.31. The van der Waals surface area contributed by atoms with Crippen LogP contribution in [0.15, 0.2) is 152 Å². The van der Waals surface area contributed by atoms with Crippen LogP contribution in [0.3, 0.4) is 0 Å². The number of hydrogen-bond acceptors (Lipinski definition) is 3. The second-order valence-electron chi connectivity index (χ2n) is 11.8. The van der Waals surface area contributed by atoms with Crippen molar-refractivity contribution in [3.63, 3.8) is 0 Å². The van der Waals surface area contributed by atoms with Gasteiger partial charge in [-0.15, -0.1) is 0 Å². The molecule has 0 amide bonds. The van der Waals surface area contributed by atoms with Gasteiger partial charge in [0.2, 0.25) is 5.95 Å². The van der Waals surface area contributed by atoms with E-state index in [0.717, 1.165) is 28.0 Å². The number of para-hydroxylation sites is 2. The lowest BCUT2D eigenvalue weighted by molar-refractivity contribution is 0.537. The third-order valence-electron chi connectivity index (χ3n) is 9.41. The molecule has 0 N–H and O–H groups in total. The number of nitrogens with zero attached hydrogens (tertiary/aromatic N) is 4. The Kier molecular flexibility index (Phi) is 5.73. The Labute approximate surface area is 257 Å². The summed E-state index contributed by atoms with van der Waals surface area (Å²) in [5.74, 6) is 1.24. The molecular formula is C40H30N4. The number of allylic oxidation sites excluding steroid dienone is 2. The standard InChI is InChI=1S/C40H30N4/c1-4-14-27(15-5-1)33-26-34(28-16-6-2-7-17-28)42-40(41-33)44-35-22-12-10-20-30(35)31-24-25-37-38(39(31)44)32-21-11-13-23-36(32)43(37)29-18-8-3-9-19-29/h1-26,32,36-38H. The summed E-state index contributed by atoms with van der Waals surface area (Å²) in [5, 5.41) is 1.23. The van der Waals surface area contributed by atoms with Crippen molar-refractivity contribution < 1.29 is 0 Å². The van der Waals surface area contributed by atoms with E-state index in [-0.39, 0.29) is 18.0 Å². The van der Waals surface area contributed by atoms with Gasteiger partial charge >= 0.3 is 0 Å². The van der Waals surface area contributed by atoms with Crippen molar-refractivity contribution in [2.75, 3.05) is 4.90 Å². The molecule has 6 aromatic rings. The number of fused-ring (bicyclic) bond motifs is 7. The first-order valence-electron chi connectivity index (χ1n) is 15.4. The fourth-order valence-corrected chi connectivity index (χ4v) is 7.57. The van der Waals surface area contributed by atoms with Crippen molar-refractivity contribution in [1.82, 2.24) is 14.5 Å². The Morgan fingerprint density at radius 3 is 1.89 bits per heavy atom. The Morgan fingerprint density at radius 1 is 0.568 bits per heavy atom. The molecule has 4 heteroatoms. The summed E-state index contributed by atoms with van der Waals surface area (Å²) in [4.78, 5) is 13.2.